The first kappa shape index (κ1) is 11.4. The van der Waals surface area contributed by atoms with E-state index in [1.807, 2.05) is 18.2 Å². The van der Waals surface area contributed by atoms with E-state index in [-0.39, 0.29) is 6.61 Å². The zero-order valence-corrected chi connectivity index (χ0v) is 9.28. The van der Waals surface area contributed by atoms with E-state index < -0.39 is 0 Å². The zero-order valence-electron chi connectivity index (χ0n) is 8.28. The topological polar surface area (TPSA) is 29.5 Å². The first-order chi connectivity index (χ1) is 6.93. The van der Waals surface area contributed by atoms with E-state index in [2.05, 4.69) is 12.1 Å². The predicted molar refractivity (Wildman–Crippen MR) is 58.2 cm³/mol. The Labute approximate surface area is 87.9 Å². The number of unbranched alkanes of at least 4 members (excludes halogenated alkanes) is 1. The Morgan fingerprint density at radius 3 is 2.64 bits per heavy atom. The standard InChI is InChI=1S/C11H16O2Si/c12-8-4-5-9-13-14-10-11-6-2-1-3-7-11/h1-3,6-7,12H,4-5,8-10H2. The zero-order chi connectivity index (χ0) is 10.1. The molecule has 2 nitrogen and oxygen atoms in total. The number of benzene rings is 1. The van der Waals surface area contributed by atoms with Gasteiger partial charge in [0.25, 0.3) is 0 Å². The average Bonchev–Trinajstić information content (AvgIpc) is 2.25. The molecule has 0 saturated carbocycles. The van der Waals surface area contributed by atoms with E-state index in [1.165, 1.54) is 5.56 Å². The monoisotopic (exact) mass is 208 g/mol. The van der Waals surface area contributed by atoms with Crippen LogP contribution in [0, 0.1) is 0 Å². The molecule has 1 aromatic carbocycles. The van der Waals surface area contributed by atoms with Crippen molar-refractivity contribution in [3.63, 3.8) is 0 Å². The Morgan fingerprint density at radius 2 is 1.93 bits per heavy atom. The van der Waals surface area contributed by atoms with Gasteiger partial charge in [-0.3, -0.25) is 0 Å². The Balaban J connectivity index is 1.99. The number of hydrogen-bond acceptors (Lipinski definition) is 2. The third-order valence-electron chi connectivity index (χ3n) is 1.88. The van der Waals surface area contributed by atoms with Crippen LogP contribution in [0.3, 0.4) is 0 Å². The molecule has 0 fully saturated rings. The summed E-state index contributed by atoms with van der Waals surface area (Å²) in [6, 6.07) is 11.3. The van der Waals surface area contributed by atoms with Crippen LogP contribution in [0.25, 0.3) is 0 Å². The van der Waals surface area contributed by atoms with E-state index in [9.17, 15) is 0 Å². The van der Waals surface area contributed by atoms with Crippen molar-refractivity contribution in [2.45, 2.75) is 18.9 Å². The third kappa shape index (κ3) is 5.17. The Hall–Kier alpha value is -0.643. The van der Waals surface area contributed by atoms with Crippen molar-refractivity contribution in [3.8, 4) is 0 Å². The lowest BCUT2D eigenvalue weighted by Gasteiger charge is -2.01. The van der Waals surface area contributed by atoms with Crippen LogP contribution < -0.4 is 0 Å². The number of hydrogen-bond donors (Lipinski definition) is 1. The molecule has 0 atom stereocenters. The molecule has 0 saturated heterocycles. The van der Waals surface area contributed by atoms with Crippen LogP contribution in [0.4, 0.5) is 0 Å². The summed E-state index contributed by atoms with van der Waals surface area (Å²) in [7, 11) is 0.539. The third-order valence-corrected chi connectivity index (χ3v) is 2.84. The van der Waals surface area contributed by atoms with Crippen LogP contribution in [-0.4, -0.2) is 28.1 Å². The highest BCUT2D eigenvalue weighted by molar-refractivity contribution is 6.26. The quantitative estimate of drug-likeness (QED) is 0.545. The second kappa shape index (κ2) is 7.73. The maximum atomic E-state index is 8.55. The summed E-state index contributed by atoms with van der Waals surface area (Å²) in [5.41, 5.74) is 1.33. The van der Waals surface area contributed by atoms with Crippen molar-refractivity contribution in [3.05, 3.63) is 35.9 Å². The van der Waals surface area contributed by atoms with E-state index >= 15 is 0 Å². The molecule has 0 amide bonds. The average molecular weight is 208 g/mol. The maximum Gasteiger partial charge on any atom is 0.234 e. The molecular weight excluding hydrogens is 192 g/mol. The summed E-state index contributed by atoms with van der Waals surface area (Å²) in [6.45, 7) is 1.04. The Bertz CT molecular complexity index is 226. The summed E-state index contributed by atoms with van der Waals surface area (Å²) in [5, 5.41) is 8.55. The first-order valence-electron chi connectivity index (χ1n) is 4.93. The summed E-state index contributed by atoms with van der Waals surface area (Å²) in [6.07, 6.45) is 1.80. The van der Waals surface area contributed by atoms with Gasteiger partial charge in [0, 0.05) is 13.2 Å². The van der Waals surface area contributed by atoms with Gasteiger partial charge in [-0.05, 0) is 24.4 Å². The van der Waals surface area contributed by atoms with E-state index in [1.54, 1.807) is 0 Å². The smallest absolute Gasteiger partial charge is 0.234 e. The molecule has 14 heavy (non-hydrogen) atoms. The second-order valence-corrected chi connectivity index (χ2v) is 4.02. The molecule has 1 N–H and O–H groups in total. The first-order valence-corrected chi connectivity index (χ1v) is 6.04. The molecule has 0 unspecified atom stereocenters. The number of rotatable bonds is 7. The molecule has 0 aliphatic carbocycles. The highest BCUT2D eigenvalue weighted by Crippen LogP contribution is 1.98. The lowest BCUT2D eigenvalue weighted by Crippen LogP contribution is -2.04. The van der Waals surface area contributed by atoms with Gasteiger partial charge >= 0.3 is 0 Å². The highest BCUT2D eigenvalue weighted by Gasteiger charge is 1.94. The minimum atomic E-state index is 0.269. The SMILES string of the molecule is OCCCCO[Si]Cc1ccccc1. The highest BCUT2D eigenvalue weighted by atomic mass is 28.2. The molecule has 0 bridgehead atoms. The molecule has 2 radical (unpaired) electrons. The number of aliphatic hydroxyl groups excluding tert-OH is 1. The molecule has 0 aromatic heterocycles. The van der Waals surface area contributed by atoms with Gasteiger partial charge in [-0.25, -0.2) is 0 Å². The van der Waals surface area contributed by atoms with Crippen molar-refractivity contribution >= 4 is 9.76 Å². The molecule has 1 rings (SSSR count). The normalized spacial score (nSPS) is 10.4. The van der Waals surface area contributed by atoms with Crippen LogP contribution in [0.2, 0.25) is 0 Å². The van der Waals surface area contributed by atoms with Crippen LogP contribution in [0.15, 0.2) is 30.3 Å². The van der Waals surface area contributed by atoms with Crippen molar-refractivity contribution < 1.29 is 9.53 Å². The lowest BCUT2D eigenvalue weighted by molar-refractivity contribution is 0.257. The fraction of sp³-hybridized carbons (Fsp3) is 0.455. The fourth-order valence-electron chi connectivity index (χ4n) is 1.09. The Morgan fingerprint density at radius 1 is 1.14 bits per heavy atom. The molecule has 3 heteroatoms. The molecule has 76 valence electrons. The maximum absolute atomic E-state index is 8.55. The molecule has 0 heterocycles. The van der Waals surface area contributed by atoms with Gasteiger partial charge in [0.2, 0.25) is 9.76 Å². The molecule has 0 aliphatic rings. The van der Waals surface area contributed by atoms with Crippen molar-refractivity contribution in [1.82, 2.24) is 0 Å². The van der Waals surface area contributed by atoms with Crippen LogP contribution in [0.1, 0.15) is 18.4 Å². The van der Waals surface area contributed by atoms with Crippen LogP contribution in [-0.2, 0) is 10.5 Å². The number of aliphatic hydroxyl groups is 1. The lowest BCUT2D eigenvalue weighted by atomic mass is 10.2. The summed E-state index contributed by atoms with van der Waals surface area (Å²) in [4.78, 5) is 0. The van der Waals surface area contributed by atoms with Gasteiger partial charge in [0.05, 0.1) is 0 Å². The van der Waals surface area contributed by atoms with Gasteiger partial charge in [0.15, 0.2) is 0 Å². The van der Waals surface area contributed by atoms with Gasteiger partial charge in [0.1, 0.15) is 0 Å². The summed E-state index contributed by atoms with van der Waals surface area (Å²) < 4.78 is 5.46. The molecular formula is C11H16O2Si. The van der Waals surface area contributed by atoms with Crippen LogP contribution >= 0.6 is 0 Å². The molecule has 0 spiro atoms. The summed E-state index contributed by atoms with van der Waals surface area (Å²) >= 11 is 0. The largest absolute Gasteiger partial charge is 0.417 e. The van der Waals surface area contributed by atoms with Crippen LogP contribution in [0.5, 0.6) is 0 Å². The van der Waals surface area contributed by atoms with E-state index in [0.717, 1.165) is 25.5 Å². The van der Waals surface area contributed by atoms with Crippen molar-refractivity contribution in [2.75, 3.05) is 13.2 Å². The fourth-order valence-corrected chi connectivity index (χ4v) is 1.88. The Kier molecular flexibility index (Phi) is 6.31. The van der Waals surface area contributed by atoms with Gasteiger partial charge in [-0.2, -0.15) is 0 Å². The van der Waals surface area contributed by atoms with Gasteiger partial charge in [-0.1, -0.05) is 30.3 Å². The summed E-state index contributed by atoms with van der Waals surface area (Å²) in [5.74, 6) is 0. The van der Waals surface area contributed by atoms with Gasteiger partial charge in [-0.15, -0.1) is 0 Å². The molecule has 1 aromatic rings. The molecule has 0 aliphatic heterocycles. The minimum Gasteiger partial charge on any atom is -0.417 e. The van der Waals surface area contributed by atoms with E-state index in [4.69, 9.17) is 9.53 Å². The van der Waals surface area contributed by atoms with E-state index in [0.29, 0.717) is 9.76 Å². The van der Waals surface area contributed by atoms with Crippen molar-refractivity contribution in [2.24, 2.45) is 0 Å². The van der Waals surface area contributed by atoms with Crippen molar-refractivity contribution in [1.29, 1.82) is 0 Å². The second-order valence-electron chi connectivity index (χ2n) is 3.09. The predicted octanol–water partition coefficient (Wildman–Crippen LogP) is 1.59. The van der Waals surface area contributed by atoms with Gasteiger partial charge < -0.3 is 9.53 Å². The minimum absolute atomic E-state index is 0.269.